The molecule has 1 amide bonds. The largest absolute Gasteiger partial charge is 0.370 e. The topological polar surface area (TPSA) is 164 Å². The lowest BCUT2D eigenvalue weighted by Crippen LogP contribution is -2.28. The van der Waals surface area contributed by atoms with Crippen LogP contribution in [0.5, 0.6) is 0 Å². The summed E-state index contributed by atoms with van der Waals surface area (Å²) in [5.41, 5.74) is 1.72. The third-order valence-electron chi connectivity index (χ3n) is 8.11. The van der Waals surface area contributed by atoms with Gasteiger partial charge in [0, 0.05) is 97.0 Å². The number of nitrogens with one attached hydrogen (secondary N) is 3. The first-order valence-electron chi connectivity index (χ1n) is 16.7. The SMILES string of the molecule is CSc1cnc(NCC(C)CNc2ccc(N3CCC(CSc4cnc(N=CC(C)CNc5ccc(-n6cccn6)cn5)nc4)C3=O)cn2)nc1. The van der Waals surface area contributed by atoms with E-state index in [2.05, 4.69) is 69.8 Å². The zero-order valence-electron chi connectivity index (χ0n) is 28.8. The van der Waals surface area contributed by atoms with Crippen molar-refractivity contribution in [3.8, 4) is 5.69 Å². The van der Waals surface area contributed by atoms with Crippen LogP contribution in [0.4, 0.5) is 29.2 Å². The highest BCUT2D eigenvalue weighted by Gasteiger charge is 2.32. The summed E-state index contributed by atoms with van der Waals surface area (Å²) in [6, 6.07) is 9.64. The molecule has 1 aliphatic heterocycles. The van der Waals surface area contributed by atoms with Gasteiger partial charge in [0.1, 0.15) is 11.6 Å². The van der Waals surface area contributed by atoms with E-state index in [0.29, 0.717) is 36.7 Å². The summed E-state index contributed by atoms with van der Waals surface area (Å²) in [6.07, 6.45) is 18.9. The van der Waals surface area contributed by atoms with Gasteiger partial charge in [-0.15, -0.1) is 23.5 Å². The first-order valence-corrected chi connectivity index (χ1v) is 18.9. The number of carbonyl (C=O) groups is 1. The number of carbonyl (C=O) groups excluding carboxylic acids is 1. The van der Waals surface area contributed by atoms with Crippen LogP contribution in [-0.2, 0) is 4.79 Å². The predicted octanol–water partition coefficient (Wildman–Crippen LogP) is 5.72. The van der Waals surface area contributed by atoms with E-state index in [-0.39, 0.29) is 17.7 Å². The Balaban J connectivity index is 0.890. The maximum atomic E-state index is 13.3. The maximum absolute atomic E-state index is 13.3. The number of hydrogen-bond donors (Lipinski definition) is 3. The van der Waals surface area contributed by atoms with Gasteiger partial charge in [0.25, 0.3) is 0 Å². The molecule has 3 N–H and O–H groups in total. The lowest BCUT2D eigenvalue weighted by Gasteiger charge is -2.18. The summed E-state index contributed by atoms with van der Waals surface area (Å²) in [5, 5.41) is 14.2. The first-order chi connectivity index (χ1) is 24.9. The average molecular weight is 724 g/mol. The van der Waals surface area contributed by atoms with E-state index < -0.39 is 0 Å². The number of aromatic nitrogens is 8. The van der Waals surface area contributed by atoms with Crippen LogP contribution in [0.1, 0.15) is 20.3 Å². The van der Waals surface area contributed by atoms with Gasteiger partial charge < -0.3 is 20.9 Å². The fraction of sp³-hybridized carbons (Fsp3) is 0.343. The second-order valence-corrected chi connectivity index (χ2v) is 14.2. The molecule has 1 fully saturated rings. The third kappa shape index (κ3) is 10.2. The van der Waals surface area contributed by atoms with Crippen molar-refractivity contribution in [2.45, 2.75) is 30.1 Å². The Morgan fingerprint density at radius 2 is 1.55 bits per heavy atom. The van der Waals surface area contributed by atoms with Crippen LogP contribution in [0.2, 0.25) is 0 Å². The highest BCUT2D eigenvalue weighted by molar-refractivity contribution is 7.99. The van der Waals surface area contributed by atoms with Crippen molar-refractivity contribution >= 4 is 64.9 Å². The number of hydrogen-bond acceptors (Lipinski definition) is 14. The van der Waals surface area contributed by atoms with Gasteiger partial charge in [0.05, 0.1) is 23.8 Å². The Morgan fingerprint density at radius 3 is 2.22 bits per heavy atom. The van der Waals surface area contributed by atoms with Crippen molar-refractivity contribution in [1.29, 1.82) is 0 Å². The van der Waals surface area contributed by atoms with Gasteiger partial charge in [-0.2, -0.15) is 5.10 Å². The Hall–Kier alpha value is -5.09. The minimum absolute atomic E-state index is 0.0793. The second-order valence-electron chi connectivity index (χ2n) is 12.2. The standard InChI is InChI=1S/C35H41N13OS2/c1-24(15-40-34-42-19-29(50-3)20-43-34)13-36-31-7-5-27(17-38-31)47-12-9-26(33(47)49)23-51-30-21-44-35(45-22-30)41-16-25(2)14-37-32-8-6-28(18-39-32)48-11-4-10-46-48/h4-8,10-11,16-22,24-26H,9,12-15,23H2,1-3H3,(H,36,38)(H,37,39)(H,40,42,43). The molecular weight excluding hydrogens is 683 g/mol. The molecule has 6 heterocycles. The normalized spacial score (nSPS) is 15.6. The van der Waals surface area contributed by atoms with E-state index in [4.69, 9.17) is 0 Å². The van der Waals surface area contributed by atoms with Crippen molar-refractivity contribution < 1.29 is 4.79 Å². The molecule has 16 heteroatoms. The highest BCUT2D eigenvalue weighted by atomic mass is 32.2. The molecule has 6 rings (SSSR count). The molecule has 264 valence electrons. The number of amides is 1. The lowest BCUT2D eigenvalue weighted by molar-refractivity contribution is -0.119. The Labute approximate surface area is 305 Å². The zero-order valence-corrected chi connectivity index (χ0v) is 30.4. The molecule has 14 nitrogen and oxygen atoms in total. The van der Waals surface area contributed by atoms with E-state index in [9.17, 15) is 4.79 Å². The third-order valence-corrected chi connectivity index (χ3v) is 9.91. The average Bonchev–Trinajstić information content (AvgIpc) is 3.85. The monoisotopic (exact) mass is 723 g/mol. The summed E-state index contributed by atoms with van der Waals surface area (Å²) < 4.78 is 1.77. The molecule has 0 radical (unpaired) electrons. The molecule has 0 saturated carbocycles. The van der Waals surface area contributed by atoms with Crippen molar-refractivity contribution in [1.82, 2.24) is 39.7 Å². The van der Waals surface area contributed by atoms with Gasteiger partial charge >= 0.3 is 0 Å². The van der Waals surface area contributed by atoms with Crippen LogP contribution >= 0.6 is 23.5 Å². The van der Waals surface area contributed by atoms with Gasteiger partial charge in [-0.1, -0.05) is 13.8 Å². The smallest absolute Gasteiger partial charge is 0.248 e. The minimum atomic E-state index is -0.0793. The molecule has 0 bridgehead atoms. The summed E-state index contributed by atoms with van der Waals surface area (Å²) >= 11 is 3.20. The molecule has 0 aliphatic carbocycles. The number of anilines is 4. The van der Waals surface area contributed by atoms with E-state index in [1.807, 2.05) is 66.3 Å². The zero-order chi connectivity index (χ0) is 35.4. The van der Waals surface area contributed by atoms with E-state index >= 15 is 0 Å². The van der Waals surface area contributed by atoms with Crippen molar-refractivity contribution in [3.63, 3.8) is 0 Å². The van der Waals surface area contributed by atoms with Gasteiger partial charge in [-0.3, -0.25) is 4.79 Å². The van der Waals surface area contributed by atoms with Gasteiger partial charge in [-0.05, 0) is 48.9 Å². The molecule has 1 aliphatic rings. The molecule has 0 aromatic carbocycles. The van der Waals surface area contributed by atoms with Crippen molar-refractivity contribution in [2.75, 3.05) is 59.0 Å². The van der Waals surface area contributed by atoms with E-state index in [1.54, 1.807) is 59.2 Å². The maximum Gasteiger partial charge on any atom is 0.248 e. The Bertz CT molecular complexity index is 1840. The van der Waals surface area contributed by atoms with Crippen LogP contribution in [0, 0.1) is 17.8 Å². The van der Waals surface area contributed by atoms with Crippen LogP contribution < -0.4 is 20.9 Å². The predicted molar refractivity (Wildman–Crippen MR) is 205 cm³/mol. The van der Waals surface area contributed by atoms with Crippen molar-refractivity contribution in [2.24, 2.45) is 22.7 Å². The number of nitrogens with zero attached hydrogens (tertiary/aromatic N) is 10. The summed E-state index contributed by atoms with van der Waals surface area (Å²) in [7, 11) is 0. The number of pyridine rings is 2. The van der Waals surface area contributed by atoms with Gasteiger partial charge in [-0.25, -0.2) is 39.6 Å². The molecular formula is C35H41N13OS2. The number of thioether (sulfide) groups is 2. The van der Waals surface area contributed by atoms with Gasteiger partial charge in [0.15, 0.2) is 0 Å². The van der Waals surface area contributed by atoms with Crippen LogP contribution in [0.15, 0.2) is 94.7 Å². The lowest BCUT2D eigenvalue weighted by atomic mass is 10.1. The highest BCUT2D eigenvalue weighted by Crippen LogP contribution is 2.30. The fourth-order valence-corrected chi connectivity index (χ4v) is 6.41. The van der Waals surface area contributed by atoms with Crippen molar-refractivity contribution in [3.05, 3.63) is 79.9 Å². The Kier molecular flexibility index (Phi) is 12.4. The van der Waals surface area contributed by atoms with Crippen LogP contribution in [0.3, 0.4) is 0 Å². The molecule has 51 heavy (non-hydrogen) atoms. The van der Waals surface area contributed by atoms with E-state index in [0.717, 1.165) is 52.3 Å². The van der Waals surface area contributed by atoms with Crippen LogP contribution in [0.25, 0.3) is 5.69 Å². The summed E-state index contributed by atoms with van der Waals surface area (Å²) in [4.78, 5) is 48.0. The quantitative estimate of drug-likeness (QED) is 0.0789. The minimum Gasteiger partial charge on any atom is -0.370 e. The molecule has 3 unspecified atom stereocenters. The molecule has 3 atom stereocenters. The van der Waals surface area contributed by atoms with Gasteiger partial charge in [0.2, 0.25) is 17.8 Å². The second kappa shape index (κ2) is 17.7. The Morgan fingerprint density at radius 1 is 0.863 bits per heavy atom. The van der Waals surface area contributed by atoms with Crippen LogP contribution in [-0.4, -0.2) is 90.0 Å². The van der Waals surface area contributed by atoms with E-state index in [1.165, 1.54) is 0 Å². The molecule has 0 spiro atoms. The molecule has 5 aromatic heterocycles. The summed E-state index contributed by atoms with van der Waals surface area (Å²) in [6.45, 7) is 7.01. The first kappa shape index (κ1) is 35.7. The number of rotatable bonds is 17. The molecule has 1 saturated heterocycles. The fourth-order valence-electron chi connectivity index (χ4n) is 5.14. The molecule has 5 aromatic rings. The number of aliphatic imine (C=N–C) groups is 1. The summed E-state index contributed by atoms with van der Waals surface area (Å²) in [5.74, 6) is 3.73.